The Labute approximate surface area is 173 Å². The van der Waals surface area contributed by atoms with Gasteiger partial charge in [-0.15, -0.1) is 22.7 Å². The van der Waals surface area contributed by atoms with Crippen LogP contribution in [0, 0.1) is 10.1 Å². The molecule has 0 bridgehead atoms. The van der Waals surface area contributed by atoms with Crippen LogP contribution in [0.15, 0.2) is 41.8 Å². The fourth-order valence-corrected chi connectivity index (χ4v) is 4.23. The Kier molecular flexibility index (Phi) is 6.25. The molecule has 0 atom stereocenters. The topological polar surface area (TPSA) is 108 Å². The number of hydrogen-bond acceptors (Lipinski definition) is 8. The minimum absolute atomic E-state index is 0.0712. The highest BCUT2D eigenvalue weighted by Gasteiger charge is 2.24. The number of amides is 1. The van der Waals surface area contributed by atoms with Gasteiger partial charge in [-0.3, -0.25) is 19.7 Å². The van der Waals surface area contributed by atoms with E-state index in [0.29, 0.717) is 9.75 Å². The van der Waals surface area contributed by atoms with Crippen molar-refractivity contribution in [1.82, 2.24) is 5.32 Å². The van der Waals surface area contributed by atoms with Crippen molar-refractivity contribution < 1.29 is 24.0 Å². The van der Waals surface area contributed by atoms with Crippen LogP contribution < -0.4 is 14.8 Å². The number of benzene rings is 1. The monoisotopic (exact) mass is 432 g/mol. The number of nitro groups is 1. The summed E-state index contributed by atoms with van der Waals surface area (Å²) in [5.74, 6) is -0.329. The molecule has 0 saturated heterocycles. The number of ketones is 1. The van der Waals surface area contributed by atoms with E-state index in [1.165, 1.54) is 43.0 Å². The van der Waals surface area contributed by atoms with Crippen molar-refractivity contribution in [3.8, 4) is 11.5 Å². The Morgan fingerprint density at radius 1 is 1.10 bits per heavy atom. The smallest absolute Gasteiger partial charge is 0.286 e. The van der Waals surface area contributed by atoms with Crippen molar-refractivity contribution in [1.29, 1.82) is 0 Å². The average Bonchev–Trinajstić information content (AvgIpc) is 3.42. The molecule has 10 heteroatoms. The molecule has 3 rings (SSSR count). The van der Waals surface area contributed by atoms with Gasteiger partial charge in [0.25, 0.3) is 11.6 Å². The van der Waals surface area contributed by atoms with Crippen LogP contribution in [-0.2, 0) is 6.54 Å². The van der Waals surface area contributed by atoms with Gasteiger partial charge in [-0.2, -0.15) is 0 Å². The quantitative estimate of drug-likeness (QED) is 0.329. The van der Waals surface area contributed by atoms with Gasteiger partial charge in [0.2, 0.25) is 5.78 Å². The summed E-state index contributed by atoms with van der Waals surface area (Å²) in [7, 11) is 2.73. The van der Waals surface area contributed by atoms with Crippen LogP contribution in [0.5, 0.6) is 11.5 Å². The zero-order valence-electron chi connectivity index (χ0n) is 15.5. The lowest BCUT2D eigenvalue weighted by atomic mass is 10.1. The highest BCUT2D eigenvalue weighted by molar-refractivity contribution is 7.16. The number of nitrogens with one attached hydrogen (secondary N) is 1. The number of carbonyl (C=O) groups is 2. The summed E-state index contributed by atoms with van der Waals surface area (Å²) in [6, 6.07) is 9.43. The summed E-state index contributed by atoms with van der Waals surface area (Å²) in [5, 5.41) is 15.8. The van der Waals surface area contributed by atoms with Crippen LogP contribution in [0.25, 0.3) is 0 Å². The molecule has 1 amide bonds. The largest absolute Gasteiger partial charge is 0.493 e. The minimum Gasteiger partial charge on any atom is -0.493 e. The Hall–Kier alpha value is -3.24. The van der Waals surface area contributed by atoms with E-state index in [0.717, 1.165) is 10.9 Å². The third-order valence-corrected chi connectivity index (χ3v) is 5.95. The summed E-state index contributed by atoms with van der Waals surface area (Å²) in [6.07, 6.45) is 0. The van der Waals surface area contributed by atoms with Gasteiger partial charge in [0, 0.05) is 10.9 Å². The van der Waals surface area contributed by atoms with E-state index in [1.54, 1.807) is 18.2 Å². The van der Waals surface area contributed by atoms with Crippen LogP contribution >= 0.6 is 22.7 Å². The maximum atomic E-state index is 12.6. The van der Waals surface area contributed by atoms with Crippen LogP contribution in [0.4, 0.5) is 5.69 Å². The zero-order valence-corrected chi connectivity index (χ0v) is 17.1. The fourth-order valence-electron chi connectivity index (χ4n) is 2.59. The molecule has 0 aliphatic carbocycles. The number of methoxy groups -OCH3 is 2. The predicted molar refractivity (Wildman–Crippen MR) is 109 cm³/mol. The second-order valence-corrected chi connectivity index (χ2v) is 7.85. The molecule has 2 aromatic heterocycles. The van der Waals surface area contributed by atoms with E-state index >= 15 is 0 Å². The first-order valence-electron chi connectivity index (χ1n) is 8.30. The second kappa shape index (κ2) is 8.84. The molecule has 1 N–H and O–H groups in total. The van der Waals surface area contributed by atoms with E-state index < -0.39 is 10.8 Å². The third-order valence-electron chi connectivity index (χ3n) is 4.00. The number of nitro benzene ring substituents is 1. The van der Waals surface area contributed by atoms with Crippen molar-refractivity contribution in [2.45, 2.75) is 6.54 Å². The highest BCUT2D eigenvalue weighted by Crippen LogP contribution is 2.34. The number of hydrogen-bond donors (Lipinski definition) is 1. The van der Waals surface area contributed by atoms with Gasteiger partial charge >= 0.3 is 0 Å². The molecule has 0 unspecified atom stereocenters. The van der Waals surface area contributed by atoms with Crippen molar-refractivity contribution in [3.63, 3.8) is 0 Å². The van der Waals surface area contributed by atoms with Crippen molar-refractivity contribution in [2.24, 2.45) is 0 Å². The van der Waals surface area contributed by atoms with Gasteiger partial charge in [0.15, 0.2) is 11.5 Å². The number of nitrogens with zero attached hydrogens (tertiary/aromatic N) is 1. The predicted octanol–water partition coefficient (Wildman–Crippen LogP) is 3.90. The summed E-state index contributed by atoms with van der Waals surface area (Å²) in [4.78, 5) is 37.6. The molecule has 8 nitrogen and oxygen atoms in total. The van der Waals surface area contributed by atoms with E-state index in [4.69, 9.17) is 9.47 Å². The number of rotatable bonds is 8. The van der Waals surface area contributed by atoms with Crippen molar-refractivity contribution in [2.75, 3.05) is 14.2 Å². The first-order valence-corrected chi connectivity index (χ1v) is 9.99. The van der Waals surface area contributed by atoms with Crippen LogP contribution in [0.1, 0.15) is 29.8 Å². The summed E-state index contributed by atoms with van der Waals surface area (Å²) < 4.78 is 10.2. The summed E-state index contributed by atoms with van der Waals surface area (Å²) in [6.45, 7) is 0.132. The first-order chi connectivity index (χ1) is 13.9. The van der Waals surface area contributed by atoms with Gasteiger partial charge in [-0.05, 0) is 23.6 Å². The minimum atomic E-state index is -0.653. The van der Waals surface area contributed by atoms with Gasteiger partial charge < -0.3 is 14.8 Å². The van der Waals surface area contributed by atoms with Gasteiger partial charge in [0.1, 0.15) is 5.56 Å². The lowest BCUT2D eigenvalue weighted by Crippen LogP contribution is -2.23. The lowest BCUT2D eigenvalue weighted by Gasteiger charge is -2.10. The molecule has 3 aromatic rings. The Bertz CT molecular complexity index is 1060. The molecule has 2 heterocycles. The Balaban J connectivity index is 1.76. The molecule has 0 aliphatic heterocycles. The van der Waals surface area contributed by atoms with E-state index in [-0.39, 0.29) is 35.1 Å². The molecule has 29 heavy (non-hydrogen) atoms. The van der Waals surface area contributed by atoms with Gasteiger partial charge in [0.05, 0.1) is 41.5 Å². The Morgan fingerprint density at radius 2 is 1.83 bits per heavy atom. The average molecular weight is 432 g/mol. The molecule has 0 aliphatic rings. The number of ether oxygens (including phenoxy) is 2. The van der Waals surface area contributed by atoms with Gasteiger partial charge in [-0.1, -0.05) is 6.07 Å². The van der Waals surface area contributed by atoms with Crippen LogP contribution in [-0.4, -0.2) is 30.8 Å². The zero-order chi connectivity index (χ0) is 21.0. The summed E-state index contributed by atoms with van der Waals surface area (Å²) in [5.41, 5.74) is -0.529. The Morgan fingerprint density at radius 3 is 2.45 bits per heavy atom. The molecule has 0 radical (unpaired) electrons. The number of carbonyl (C=O) groups excluding carboxylic acids is 2. The molecule has 1 aromatic carbocycles. The molecule has 0 fully saturated rings. The first kappa shape index (κ1) is 20.5. The number of thiophene rings is 2. The molecule has 150 valence electrons. The maximum Gasteiger partial charge on any atom is 0.286 e. The second-order valence-electron chi connectivity index (χ2n) is 5.74. The standard InChI is InChI=1S/C19H16N2O6S2/c1-26-14-8-12(13(21(24)25)9-15(14)27-2)19(23)20-10-11-5-6-17(29-11)18(22)16-4-3-7-28-16/h3-9H,10H2,1-2H3,(H,20,23). The highest BCUT2D eigenvalue weighted by atomic mass is 32.1. The van der Waals surface area contributed by atoms with Crippen molar-refractivity contribution in [3.05, 3.63) is 72.1 Å². The molecular formula is C19H16N2O6S2. The normalized spacial score (nSPS) is 10.4. The molecule has 0 saturated carbocycles. The molecule has 0 spiro atoms. The molecular weight excluding hydrogens is 416 g/mol. The van der Waals surface area contributed by atoms with E-state index in [2.05, 4.69) is 5.32 Å². The maximum absolute atomic E-state index is 12.6. The fraction of sp³-hybridized carbons (Fsp3) is 0.158. The summed E-state index contributed by atoms with van der Waals surface area (Å²) >= 11 is 2.63. The van der Waals surface area contributed by atoms with Crippen LogP contribution in [0.2, 0.25) is 0 Å². The SMILES string of the molecule is COc1cc(C(=O)NCc2ccc(C(=O)c3cccs3)s2)c([N+](=O)[O-])cc1OC. The van der Waals surface area contributed by atoms with Crippen LogP contribution in [0.3, 0.4) is 0 Å². The lowest BCUT2D eigenvalue weighted by molar-refractivity contribution is -0.385. The van der Waals surface area contributed by atoms with E-state index in [1.807, 2.05) is 11.4 Å². The van der Waals surface area contributed by atoms with E-state index in [9.17, 15) is 19.7 Å². The third kappa shape index (κ3) is 4.44. The van der Waals surface area contributed by atoms with Crippen molar-refractivity contribution >= 4 is 40.1 Å². The van der Waals surface area contributed by atoms with Gasteiger partial charge in [-0.25, -0.2) is 0 Å².